The number of amides is 2. The predicted octanol–water partition coefficient (Wildman–Crippen LogP) is 3.66. The van der Waals surface area contributed by atoms with Gasteiger partial charge in [0.05, 0.1) is 19.0 Å². The number of likely N-dealkylation sites (tertiary alicyclic amines) is 1. The lowest BCUT2D eigenvalue weighted by Gasteiger charge is -2.44. The molecule has 1 aromatic heterocycles. The molecule has 1 unspecified atom stereocenters. The normalized spacial score (nSPS) is 17.8. The predicted molar refractivity (Wildman–Crippen MR) is 164 cm³/mol. The Morgan fingerprint density at radius 3 is 2.55 bits per heavy atom. The van der Waals surface area contributed by atoms with Gasteiger partial charge in [-0.25, -0.2) is 9.99 Å². The number of piperidine rings is 1. The Kier molecular flexibility index (Phi) is 8.89. The summed E-state index contributed by atoms with van der Waals surface area (Å²) in [5, 5.41) is 10.4. The van der Waals surface area contributed by atoms with Crippen molar-refractivity contribution in [3.63, 3.8) is 0 Å². The number of hydrogen-bond donors (Lipinski definition) is 2. The van der Waals surface area contributed by atoms with Crippen LogP contribution in [0.15, 0.2) is 54.7 Å². The van der Waals surface area contributed by atoms with Crippen molar-refractivity contribution < 1.29 is 14.3 Å². The first-order valence-corrected chi connectivity index (χ1v) is 14.4. The van der Waals surface area contributed by atoms with E-state index in [9.17, 15) is 9.59 Å². The van der Waals surface area contributed by atoms with Crippen molar-refractivity contribution in [2.75, 3.05) is 56.6 Å². The molecule has 11 heteroatoms. The third-order valence-corrected chi connectivity index (χ3v) is 8.01. The summed E-state index contributed by atoms with van der Waals surface area (Å²) in [5.41, 5.74) is 2.91. The number of carbonyl (C=O) groups is 2. The third-order valence-electron chi connectivity index (χ3n) is 8.01. The van der Waals surface area contributed by atoms with Crippen LogP contribution in [-0.4, -0.2) is 85.1 Å². The maximum atomic E-state index is 13.3. The molecular weight excluding hydrogens is 532 g/mol. The molecule has 2 aromatic carbocycles. The molecule has 2 N–H and O–H groups in total. The molecule has 5 rings (SSSR count). The van der Waals surface area contributed by atoms with Crippen molar-refractivity contribution in [2.45, 2.75) is 44.8 Å². The lowest BCUT2D eigenvalue weighted by Crippen LogP contribution is -2.57. The number of aromatic nitrogens is 2. The van der Waals surface area contributed by atoms with E-state index in [0.29, 0.717) is 47.4 Å². The number of methoxy groups -OCH3 is 1. The number of nitrogens with zero attached hydrogens (tertiary/aromatic N) is 6. The van der Waals surface area contributed by atoms with E-state index in [4.69, 9.17) is 9.72 Å². The minimum Gasteiger partial charge on any atom is -0.495 e. The van der Waals surface area contributed by atoms with E-state index in [1.165, 1.54) is 0 Å². The Labute approximate surface area is 247 Å². The Hall–Kier alpha value is -4.22. The summed E-state index contributed by atoms with van der Waals surface area (Å²) in [6.45, 7) is 4.55. The van der Waals surface area contributed by atoms with Gasteiger partial charge in [-0.05, 0) is 63.2 Å². The molecule has 3 heterocycles. The van der Waals surface area contributed by atoms with Gasteiger partial charge in [0.15, 0.2) is 5.82 Å². The zero-order chi connectivity index (χ0) is 29.8. The molecule has 2 aliphatic heterocycles. The molecular formula is C31H40N8O3. The van der Waals surface area contributed by atoms with Crippen molar-refractivity contribution in [1.82, 2.24) is 25.2 Å². The highest BCUT2D eigenvalue weighted by Gasteiger charge is 2.39. The van der Waals surface area contributed by atoms with Crippen LogP contribution in [0.4, 0.5) is 23.1 Å². The van der Waals surface area contributed by atoms with Crippen LogP contribution in [0.5, 0.6) is 5.75 Å². The van der Waals surface area contributed by atoms with Crippen LogP contribution in [0.25, 0.3) is 0 Å². The number of benzene rings is 2. The lowest BCUT2D eigenvalue weighted by molar-refractivity contribution is -0.120. The topological polar surface area (TPSA) is 106 Å². The SMILES string of the molecule is CCC1C(=O)N(C)c2cnc(Nc3ccc(C(=O)NC4CCN(C)CC4)cc3OC)nc2N1N(C)Cc1ccccc1. The highest BCUT2D eigenvalue weighted by Crippen LogP contribution is 2.37. The molecule has 0 aliphatic carbocycles. The fourth-order valence-electron chi connectivity index (χ4n) is 5.58. The molecule has 1 saturated heterocycles. The molecule has 2 aliphatic rings. The number of hydrazine groups is 1. The second kappa shape index (κ2) is 12.7. The first-order valence-electron chi connectivity index (χ1n) is 14.4. The molecule has 0 saturated carbocycles. The largest absolute Gasteiger partial charge is 0.495 e. The molecule has 11 nitrogen and oxygen atoms in total. The molecule has 42 heavy (non-hydrogen) atoms. The summed E-state index contributed by atoms with van der Waals surface area (Å²) in [7, 11) is 7.39. The van der Waals surface area contributed by atoms with Crippen LogP contribution in [0.2, 0.25) is 0 Å². The number of anilines is 4. The van der Waals surface area contributed by atoms with Gasteiger partial charge >= 0.3 is 0 Å². The van der Waals surface area contributed by atoms with Crippen LogP contribution < -0.4 is 25.3 Å². The van der Waals surface area contributed by atoms with E-state index in [1.54, 1.807) is 43.5 Å². The fraction of sp³-hybridized carbons (Fsp3) is 0.419. The second-order valence-electron chi connectivity index (χ2n) is 11.0. The minimum atomic E-state index is -0.407. The summed E-state index contributed by atoms with van der Waals surface area (Å²) in [6, 6.07) is 15.2. The van der Waals surface area contributed by atoms with Gasteiger partial charge in [-0.2, -0.15) is 4.98 Å². The van der Waals surface area contributed by atoms with Crippen LogP contribution in [-0.2, 0) is 11.3 Å². The maximum Gasteiger partial charge on any atom is 0.251 e. The van der Waals surface area contributed by atoms with Crippen molar-refractivity contribution in [2.24, 2.45) is 0 Å². The summed E-state index contributed by atoms with van der Waals surface area (Å²) in [4.78, 5) is 39.6. The maximum absolute atomic E-state index is 13.3. The Morgan fingerprint density at radius 1 is 1.12 bits per heavy atom. The van der Waals surface area contributed by atoms with Crippen LogP contribution in [0.1, 0.15) is 42.1 Å². The molecule has 1 atom stereocenters. The Balaban J connectivity index is 1.39. The van der Waals surface area contributed by atoms with Crippen LogP contribution >= 0.6 is 0 Å². The molecule has 0 radical (unpaired) electrons. The van der Waals surface area contributed by atoms with Gasteiger partial charge in [-0.15, -0.1) is 0 Å². The number of fused-ring (bicyclic) bond motifs is 1. The third kappa shape index (κ3) is 6.17. The minimum absolute atomic E-state index is 0.00926. The van der Waals surface area contributed by atoms with Crippen molar-refractivity contribution in [3.8, 4) is 5.75 Å². The van der Waals surface area contributed by atoms with Crippen LogP contribution in [0, 0.1) is 0 Å². The van der Waals surface area contributed by atoms with Gasteiger partial charge in [0, 0.05) is 32.2 Å². The van der Waals surface area contributed by atoms with Gasteiger partial charge in [-0.3, -0.25) is 14.6 Å². The highest BCUT2D eigenvalue weighted by atomic mass is 16.5. The zero-order valence-corrected chi connectivity index (χ0v) is 25.0. The lowest BCUT2D eigenvalue weighted by atomic mass is 10.0. The molecule has 0 spiro atoms. The van der Waals surface area contributed by atoms with E-state index in [0.717, 1.165) is 31.5 Å². The number of nitrogens with one attached hydrogen (secondary N) is 2. The average Bonchev–Trinajstić information content (AvgIpc) is 3.00. The summed E-state index contributed by atoms with van der Waals surface area (Å²) in [5.74, 6) is 1.36. The van der Waals surface area contributed by atoms with Gasteiger partial charge in [0.2, 0.25) is 5.95 Å². The summed E-state index contributed by atoms with van der Waals surface area (Å²) >= 11 is 0. The summed E-state index contributed by atoms with van der Waals surface area (Å²) < 4.78 is 5.64. The van der Waals surface area contributed by atoms with E-state index in [1.807, 2.05) is 42.2 Å². The highest BCUT2D eigenvalue weighted by molar-refractivity contribution is 6.04. The van der Waals surface area contributed by atoms with Crippen molar-refractivity contribution >= 4 is 35.0 Å². The van der Waals surface area contributed by atoms with Gasteiger partial charge in [0.1, 0.15) is 17.5 Å². The molecule has 3 aromatic rings. The number of carbonyl (C=O) groups excluding carboxylic acids is 2. The first-order chi connectivity index (χ1) is 20.3. The summed E-state index contributed by atoms with van der Waals surface area (Å²) in [6.07, 6.45) is 4.15. The zero-order valence-electron chi connectivity index (χ0n) is 25.0. The second-order valence-corrected chi connectivity index (χ2v) is 11.0. The monoisotopic (exact) mass is 572 g/mol. The van der Waals surface area contributed by atoms with Crippen LogP contribution in [0.3, 0.4) is 0 Å². The van der Waals surface area contributed by atoms with E-state index >= 15 is 0 Å². The molecule has 1 fully saturated rings. The number of likely N-dealkylation sites (N-methyl/N-ethyl adjacent to an activating group) is 1. The van der Waals surface area contributed by atoms with Crippen molar-refractivity contribution in [3.05, 3.63) is 65.9 Å². The van der Waals surface area contributed by atoms with Gasteiger partial charge < -0.3 is 25.2 Å². The first kappa shape index (κ1) is 29.3. The quantitative estimate of drug-likeness (QED) is 0.397. The standard InChI is InChI=1S/C31H40N8O3/c1-6-25-30(41)38(4)26-19-32-31(35-28(26)39(25)37(3)20-21-10-8-7-9-11-21)34-24-13-12-22(18-27(24)42-5)29(40)33-23-14-16-36(2)17-15-23/h7-13,18-19,23,25H,6,14-17,20H2,1-5H3,(H,33,40)(H,32,34,35). The Morgan fingerprint density at radius 2 is 1.86 bits per heavy atom. The molecule has 0 bridgehead atoms. The molecule has 222 valence electrons. The number of ether oxygens (including phenoxy) is 1. The van der Waals surface area contributed by atoms with Gasteiger partial charge in [0.25, 0.3) is 11.8 Å². The smallest absolute Gasteiger partial charge is 0.251 e. The number of rotatable bonds is 9. The van der Waals surface area contributed by atoms with E-state index in [2.05, 4.69) is 39.7 Å². The number of hydrogen-bond acceptors (Lipinski definition) is 9. The van der Waals surface area contributed by atoms with Crippen molar-refractivity contribution in [1.29, 1.82) is 0 Å². The van der Waals surface area contributed by atoms with Gasteiger partial charge in [-0.1, -0.05) is 37.3 Å². The fourth-order valence-corrected chi connectivity index (χ4v) is 5.58. The average molecular weight is 573 g/mol. The Bertz CT molecular complexity index is 1410. The molecule has 2 amide bonds. The van der Waals surface area contributed by atoms with E-state index in [-0.39, 0.29) is 17.9 Å². The van der Waals surface area contributed by atoms with E-state index < -0.39 is 6.04 Å².